The lowest BCUT2D eigenvalue weighted by molar-refractivity contribution is -0.127. The summed E-state index contributed by atoms with van der Waals surface area (Å²) in [7, 11) is 0. The molecule has 162 valence electrons. The molecule has 1 saturated heterocycles. The number of hydrogen-bond donors (Lipinski definition) is 1. The van der Waals surface area contributed by atoms with Gasteiger partial charge in [0.25, 0.3) is 0 Å². The molecule has 2 unspecified atom stereocenters. The highest BCUT2D eigenvalue weighted by Gasteiger charge is 2.28. The Balaban J connectivity index is 1.36. The van der Waals surface area contributed by atoms with Crippen LogP contribution in [0.5, 0.6) is 0 Å². The van der Waals surface area contributed by atoms with Crippen LogP contribution in [-0.2, 0) is 11.3 Å². The summed E-state index contributed by atoms with van der Waals surface area (Å²) in [4.78, 5) is 19.7. The summed E-state index contributed by atoms with van der Waals surface area (Å²) in [5.74, 6) is 1.15. The maximum Gasteiger partial charge on any atom is 0.241 e. The Morgan fingerprint density at radius 2 is 2.10 bits per heavy atom. The molecule has 7 heteroatoms. The van der Waals surface area contributed by atoms with Crippen molar-refractivity contribution in [1.82, 2.24) is 20.4 Å². The van der Waals surface area contributed by atoms with E-state index in [2.05, 4.69) is 39.4 Å². The maximum absolute atomic E-state index is 13.0. The molecule has 0 aliphatic carbocycles. The summed E-state index contributed by atoms with van der Waals surface area (Å²) in [6, 6.07) is 17.6. The minimum absolute atomic E-state index is 0.0400. The van der Waals surface area contributed by atoms with Crippen LogP contribution in [0.25, 0.3) is 11.4 Å². The van der Waals surface area contributed by atoms with Crippen molar-refractivity contribution in [2.24, 2.45) is 5.92 Å². The highest BCUT2D eigenvalue weighted by atomic mass is 35.5. The van der Waals surface area contributed by atoms with Crippen LogP contribution in [0.15, 0.2) is 59.1 Å². The number of amides is 1. The fraction of sp³-hybridized carbons (Fsp3) is 0.375. The number of rotatable bonds is 7. The molecule has 0 saturated carbocycles. The zero-order chi connectivity index (χ0) is 21.6. The first kappa shape index (κ1) is 21.5. The van der Waals surface area contributed by atoms with E-state index in [1.165, 1.54) is 0 Å². The van der Waals surface area contributed by atoms with Gasteiger partial charge in [-0.2, -0.15) is 4.98 Å². The minimum Gasteiger partial charge on any atom is -0.349 e. The lowest BCUT2D eigenvalue weighted by Crippen LogP contribution is -2.43. The SMILES string of the molecule is CCC(NC(=O)C1CCCN(Cc2nc(-c3cccc(Cl)c3)no2)C1)c1ccccc1. The second-order valence-electron chi connectivity index (χ2n) is 7.98. The van der Waals surface area contributed by atoms with Crippen molar-refractivity contribution in [2.75, 3.05) is 13.1 Å². The largest absolute Gasteiger partial charge is 0.349 e. The number of carbonyl (C=O) groups excluding carboxylic acids is 1. The van der Waals surface area contributed by atoms with Crippen molar-refractivity contribution in [3.8, 4) is 11.4 Å². The van der Waals surface area contributed by atoms with Crippen molar-refractivity contribution in [3.05, 3.63) is 71.1 Å². The zero-order valence-electron chi connectivity index (χ0n) is 17.6. The van der Waals surface area contributed by atoms with Crippen molar-refractivity contribution >= 4 is 17.5 Å². The van der Waals surface area contributed by atoms with Gasteiger partial charge >= 0.3 is 0 Å². The number of aromatic nitrogens is 2. The Kier molecular flexibility index (Phi) is 6.99. The first-order valence-electron chi connectivity index (χ1n) is 10.8. The van der Waals surface area contributed by atoms with E-state index in [1.807, 2.05) is 42.5 Å². The molecule has 0 bridgehead atoms. The summed E-state index contributed by atoms with van der Waals surface area (Å²) in [6.07, 6.45) is 2.72. The number of benzene rings is 2. The molecular formula is C24H27ClN4O2. The predicted molar refractivity (Wildman–Crippen MR) is 120 cm³/mol. The highest BCUT2D eigenvalue weighted by Crippen LogP contribution is 2.23. The predicted octanol–water partition coefficient (Wildman–Crippen LogP) is 4.87. The molecule has 1 fully saturated rings. The van der Waals surface area contributed by atoms with Gasteiger partial charge in [0, 0.05) is 17.1 Å². The molecule has 1 aromatic heterocycles. The molecule has 1 aliphatic rings. The van der Waals surface area contributed by atoms with E-state index in [1.54, 1.807) is 0 Å². The number of hydrogen-bond acceptors (Lipinski definition) is 5. The quantitative estimate of drug-likeness (QED) is 0.569. The van der Waals surface area contributed by atoms with Crippen LogP contribution < -0.4 is 5.32 Å². The van der Waals surface area contributed by atoms with Gasteiger partial charge in [-0.25, -0.2) is 0 Å². The Morgan fingerprint density at radius 1 is 1.26 bits per heavy atom. The number of nitrogens with one attached hydrogen (secondary N) is 1. The third-order valence-corrected chi connectivity index (χ3v) is 5.95. The third-order valence-electron chi connectivity index (χ3n) is 5.71. The molecule has 1 N–H and O–H groups in total. The lowest BCUT2D eigenvalue weighted by Gasteiger charge is -2.32. The minimum atomic E-state index is -0.0400. The van der Waals surface area contributed by atoms with Gasteiger partial charge in [-0.1, -0.05) is 66.1 Å². The second-order valence-corrected chi connectivity index (χ2v) is 8.41. The van der Waals surface area contributed by atoms with Gasteiger partial charge in [-0.3, -0.25) is 9.69 Å². The van der Waals surface area contributed by atoms with Crippen LogP contribution in [0.1, 0.15) is 43.7 Å². The number of nitrogens with zero attached hydrogens (tertiary/aromatic N) is 3. The first-order chi connectivity index (χ1) is 15.1. The molecule has 3 aromatic rings. The smallest absolute Gasteiger partial charge is 0.241 e. The molecule has 1 amide bonds. The van der Waals surface area contributed by atoms with Crippen LogP contribution >= 0.6 is 11.6 Å². The first-order valence-corrected chi connectivity index (χ1v) is 11.2. The molecule has 2 heterocycles. The Bertz CT molecular complexity index is 1010. The van der Waals surface area contributed by atoms with Crippen LogP contribution in [0.2, 0.25) is 5.02 Å². The average Bonchev–Trinajstić information content (AvgIpc) is 3.26. The molecule has 4 rings (SSSR count). The van der Waals surface area contributed by atoms with Gasteiger partial charge in [0.2, 0.25) is 17.6 Å². The van der Waals surface area contributed by atoms with Gasteiger partial charge in [-0.15, -0.1) is 0 Å². The molecular weight excluding hydrogens is 412 g/mol. The Morgan fingerprint density at radius 3 is 2.87 bits per heavy atom. The molecule has 0 radical (unpaired) electrons. The summed E-state index contributed by atoms with van der Waals surface area (Å²) >= 11 is 6.06. The summed E-state index contributed by atoms with van der Waals surface area (Å²) in [5, 5.41) is 7.95. The van der Waals surface area contributed by atoms with E-state index in [4.69, 9.17) is 16.1 Å². The van der Waals surface area contributed by atoms with Crippen LogP contribution in [0, 0.1) is 5.92 Å². The summed E-state index contributed by atoms with van der Waals surface area (Å²) < 4.78 is 5.45. The fourth-order valence-electron chi connectivity index (χ4n) is 4.06. The van der Waals surface area contributed by atoms with Crippen molar-refractivity contribution in [3.63, 3.8) is 0 Å². The second kappa shape index (κ2) is 10.1. The molecule has 6 nitrogen and oxygen atoms in total. The molecule has 0 spiro atoms. The number of carbonyl (C=O) groups is 1. The molecule has 31 heavy (non-hydrogen) atoms. The van der Waals surface area contributed by atoms with Gasteiger partial charge in [0.15, 0.2) is 0 Å². The monoisotopic (exact) mass is 438 g/mol. The standard InChI is InChI=1S/C24H27ClN4O2/c1-2-21(17-8-4-3-5-9-17)26-24(30)19-11-7-13-29(15-19)16-22-27-23(28-31-22)18-10-6-12-20(25)14-18/h3-6,8-10,12,14,19,21H,2,7,11,13,15-16H2,1H3,(H,26,30). The van der Waals surface area contributed by atoms with E-state index in [9.17, 15) is 4.79 Å². The number of piperidine rings is 1. The Hall–Kier alpha value is -2.70. The van der Waals surface area contributed by atoms with E-state index in [-0.39, 0.29) is 17.9 Å². The van der Waals surface area contributed by atoms with Crippen molar-refractivity contribution < 1.29 is 9.32 Å². The summed E-state index contributed by atoms with van der Waals surface area (Å²) in [5.41, 5.74) is 1.97. The van der Waals surface area contributed by atoms with E-state index in [0.29, 0.717) is 29.8 Å². The third kappa shape index (κ3) is 5.51. The average molecular weight is 439 g/mol. The normalized spacial score (nSPS) is 17.9. The van der Waals surface area contributed by atoms with Crippen molar-refractivity contribution in [1.29, 1.82) is 0 Å². The van der Waals surface area contributed by atoms with Crippen LogP contribution in [0.4, 0.5) is 0 Å². The maximum atomic E-state index is 13.0. The van der Waals surface area contributed by atoms with Crippen LogP contribution in [0.3, 0.4) is 0 Å². The van der Waals surface area contributed by atoms with Crippen molar-refractivity contribution in [2.45, 2.75) is 38.8 Å². The van der Waals surface area contributed by atoms with Gasteiger partial charge in [0.1, 0.15) is 0 Å². The van der Waals surface area contributed by atoms with Crippen LogP contribution in [-0.4, -0.2) is 34.0 Å². The Labute approximate surface area is 187 Å². The number of halogens is 1. The van der Waals surface area contributed by atoms with E-state index in [0.717, 1.165) is 36.9 Å². The molecule has 1 aliphatic heterocycles. The fourth-order valence-corrected chi connectivity index (χ4v) is 4.25. The molecule has 2 atom stereocenters. The number of likely N-dealkylation sites (tertiary alicyclic amines) is 1. The topological polar surface area (TPSA) is 71.3 Å². The van der Waals surface area contributed by atoms with Gasteiger partial charge < -0.3 is 9.84 Å². The lowest BCUT2D eigenvalue weighted by atomic mass is 9.95. The summed E-state index contributed by atoms with van der Waals surface area (Å²) in [6.45, 7) is 4.23. The van der Waals surface area contributed by atoms with E-state index < -0.39 is 0 Å². The zero-order valence-corrected chi connectivity index (χ0v) is 18.4. The van der Waals surface area contributed by atoms with Gasteiger partial charge in [0.05, 0.1) is 18.5 Å². The molecule has 2 aromatic carbocycles. The highest BCUT2D eigenvalue weighted by molar-refractivity contribution is 6.30. The van der Waals surface area contributed by atoms with Gasteiger partial charge in [-0.05, 0) is 43.5 Å². The van der Waals surface area contributed by atoms with E-state index >= 15 is 0 Å².